The molecule has 0 aliphatic carbocycles. The highest BCUT2D eigenvalue weighted by atomic mass is 32.2. The molecule has 0 bridgehead atoms. The van der Waals surface area contributed by atoms with Gasteiger partial charge in [0.05, 0.1) is 17.7 Å². The number of ether oxygens (including phenoxy) is 1. The van der Waals surface area contributed by atoms with E-state index in [1.165, 1.54) is 30.1 Å². The van der Waals surface area contributed by atoms with E-state index in [4.69, 9.17) is 4.74 Å². The maximum absolute atomic E-state index is 12.9. The summed E-state index contributed by atoms with van der Waals surface area (Å²) in [7, 11) is -2.10. The fourth-order valence-corrected chi connectivity index (χ4v) is 4.74. The Balaban J connectivity index is 1.42. The highest BCUT2D eigenvalue weighted by Gasteiger charge is 2.28. The lowest BCUT2D eigenvalue weighted by atomic mass is 9.98. The second-order valence-electron chi connectivity index (χ2n) is 7.38. The van der Waals surface area contributed by atoms with Crippen LogP contribution < -0.4 is 9.46 Å². The number of benzene rings is 2. The molecule has 1 unspecified atom stereocenters. The summed E-state index contributed by atoms with van der Waals surface area (Å²) in [4.78, 5) is 18.7. The molecule has 8 heteroatoms. The van der Waals surface area contributed by atoms with E-state index in [-0.39, 0.29) is 16.7 Å². The Morgan fingerprint density at radius 2 is 1.71 bits per heavy atom. The molecule has 1 aliphatic rings. The Hall–Kier alpha value is -3.39. The summed E-state index contributed by atoms with van der Waals surface area (Å²) < 4.78 is 32.8. The van der Waals surface area contributed by atoms with Crippen molar-refractivity contribution >= 4 is 21.6 Å². The maximum Gasteiger partial charge on any atom is 0.261 e. The van der Waals surface area contributed by atoms with Crippen molar-refractivity contribution in [3.8, 4) is 5.75 Å². The van der Waals surface area contributed by atoms with Crippen molar-refractivity contribution in [2.45, 2.75) is 17.2 Å². The molecular weight excluding hydrogens is 414 g/mol. The van der Waals surface area contributed by atoms with Crippen LogP contribution in [0.2, 0.25) is 0 Å². The van der Waals surface area contributed by atoms with Gasteiger partial charge >= 0.3 is 0 Å². The minimum Gasteiger partial charge on any atom is -0.497 e. The monoisotopic (exact) mass is 437 g/mol. The second-order valence-corrected chi connectivity index (χ2v) is 9.06. The Bertz CT molecular complexity index is 1150. The van der Waals surface area contributed by atoms with Crippen molar-refractivity contribution in [1.29, 1.82) is 0 Å². The van der Waals surface area contributed by atoms with Gasteiger partial charge < -0.3 is 9.64 Å². The number of hydrogen-bond acceptors (Lipinski definition) is 5. The number of carbonyl (C=O) groups is 1. The normalized spacial score (nSPS) is 16.2. The molecule has 3 aromatic rings. The molecule has 2 heterocycles. The van der Waals surface area contributed by atoms with Gasteiger partial charge in [0.15, 0.2) is 0 Å². The van der Waals surface area contributed by atoms with Crippen molar-refractivity contribution in [1.82, 2.24) is 9.88 Å². The molecule has 1 N–H and O–H groups in total. The Morgan fingerprint density at radius 3 is 2.35 bits per heavy atom. The van der Waals surface area contributed by atoms with Crippen LogP contribution in [0.5, 0.6) is 5.75 Å². The number of anilines is 1. The van der Waals surface area contributed by atoms with Crippen LogP contribution in [0, 0.1) is 0 Å². The predicted molar refractivity (Wildman–Crippen MR) is 118 cm³/mol. The topological polar surface area (TPSA) is 88.6 Å². The molecule has 1 aromatic heterocycles. The van der Waals surface area contributed by atoms with E-state index in [1.54, 1.807) is 31.4 Å². The van der Waals surface area contributed by atoms with Gasteiger partial charge in [-0.2, -0.15) is 0 Å². The Kier molecular flexibility index (Phi) is 5.90. The number of rotatable bonds is 6. The third-order valence-electron chi connectivity index (χ3n) is 5.41. The van der Waals surface area contributed by atoms with Gasteiger partial charge in [-0.25, -0.2) is 8.42 Å². The predicted octanol–water partition coefficient (Wildman–Crippen LogP) is 3.52. The van der Waals surface area contributed by atoms with Crippen molar-refractivity contribution in [3.63, 3.8) is 0 Å². The van der Waals surface area contributed by atoms with E-state index in [2.05, 4.69) is 9.71 Å². The third-order valence-corrected chi connectivity index (χ3v) is 6.80. The minimum absolute atomic E-state index is 0.0953. The summed E-state index contributed by atoms with van der Waals surface area (Å²) in [5, 5.41) is 0. The molecule has 2 aromatic carbocycles. The minimum atomic E-state index is -3.74. The molecule has 160 valence electrons. The van der Waals surface area contributed by atoms with Gasteiger partial charge in [-0.3, -0.25) is 14.5 Å². The largest absolute Gasteiger partial charge is 0.497 e. The first-order valence-electron chi connectivity index (χ1n) is 9.92. The second kappa shape index (κ2) is 8.77. The van der Waals surface area contributed by atoms with Gasteiger partial charge in [0.25, 0.3) is 15.9 Å². The van der Waals surface area contributed by atoms with E-state index in [0.29, 0.717) is 24.3 Å². The quantitative estimate of drug-likeness (QED) is 0.637. The van der Waals surface area contributed by atoms with Crippen LogP contribution >= 0.6 is 0 Å². The van der Waals surface area contributed by atoms with E-state index < -0.39 is 10.0 Å². The molecular formula is C23H23N3O4S. The molecule has 0 radical (unpaired) electrons. The number of carbonyl (C=O) groups excluding carboxylic acids is 1. The van der Waals surface area contributed by atoms with Gasteiger partial charge in [-0.15, -0.1) is 0 Å². The smallest absolute Gasteiger partial charge is 0.261 e. The van der Waals surface area contributed by atoms with Crippen LogP contribution in [0.25, 0.3) is 0 Å². The van der Waals surface area contributed by atoms with E-state index >= 15 is 0 Å². The first kappa shape index (κ1) is 20.9. The maximum atomic E-state index is 12.9. The van der Waals surface area contributed by atoms with Crippen LogP contribution in [0.3, 0.4) is 0 Å². The number of nitrogens with zero attached hydrogens (tertiary/aromatic N) is 2. The van der Waals surface area contributed by atoms with E-state index in [1.807, 2.05) is 29.2 Å². The molecule has 0 saturated carbocycles. The van der Waals surface area contributed by atoms with Crippen molar-refractivity contribution in [3.05, 3.63) is 84.2 Å². The van der Waals surface area contributed by atoms with Gasteiger partial charge in [0, 0.05) is 37.0 Å². The molecule has 0 spiro atoms. The first-order valence-corrected chi connectivity index (χ1v) is 11.4. The van der Waals surface area contributed by atoms with Crippen LogP contribution in [-0.4, -0.2) is 44.4 Å². The molecule has 1 saturated heterocycles. The van der Waals surface area contributed by atoms with Crippen LogP contribution in [0.15, 0.2) is 78.0 Å². The van der Waals surface area contributed by atoms with Crippen molar-refractivity contribution < 1.29 is 17.9 Å². The fraction of sp³-hybridized carbons (Fsp3) is 0.217. The summed E-state index contributed by atoms with van der Waals surface area (Å²) >= 11 is 0. The summed E-state index contributed by atoms with van der Waals surface area (Å²) in [5.41, 5.74) is 2.08. The van der Waals surface area contributed by atoms with Crippen molar-refractivity contribution in [2.24, 2.45) is 0 Å². The van der Waals surface area contributed by atoms with Crippen LogP contribution in [0.4, 0.5) is 5.69 Å². The molecule has 31 heavy (non-hydrogen) atoms. The lowest BCUT2D eigenvalue weighted by molar-refractivity contribution is 0.0790. The van der Waals surface area contributed by atoms with Crippen LogP contribution in [-0.2, 0) is 10.0 Å². The SMILES string of the molecule is COc1ccc(C2CCN(C(=O)c3ccc(S(=O)(=O)Nc4ccncc4)cc3)C2)cc1. The highest BCUT2D eigenvalue weighted by Crippen LogP contribution is 2.29. The van der Waals surface area contributed by atoms with Gasteiger partial charge in [-0.1, -0.05) is 12.1 Å². The summed E-state index contributed by atoms with van der Waals surface area (Å²) in [5.74, 6) is 0.990. The Labute approximate surface area is 181 Å². The zero-order valence-electron chi connectivity index (χ0n) is 17.1. The number of nitrogens with one attached hydrogen (secondary N) is 1. The van der Waals surface area contributed by atoms with E-state index in [0.717, 1.165) is 12.2 Å². The molecule has 4 rings (SSSR count). The number of pyridine rings is 1. The number of aromatic nitrogens is 1. The standard InChI is InChI=1S/C23H23N3O4S/c1-30-21-6-2-17(3-7-21)19-12-15-26(16-19)23(27)18-4-8-22(9-5-18)31(28,29)25-20-10-13-24-14-11-20/h2-11,13-14,19H,12,15-16H2,1H3,(H,24,25). The van der Waals surface area contributed by atoms with Gasteiger partial charge in [0.1, 0.15) is 5.75 Å². The van der Waals surface area contributed by atoms with Gasteiger partial charge in [0.2, 0.25) is 0 Å². The van der Waals surface area contributed by atoms with Crippen LogP contribution in [0.1, 0.15) is 28.3 Å². The lowest BCUT2D eigenvalue weighted by Crippen LogP contribution is -2.28. The number of likely N-dealkylation sites (tertiary alicyclic amines) is 1. The van der Waals surface area contributed by atoms with Crippen molar-refractivity contribution in [2.75, 3.05) is 24.9 Å². The summed E-state index contributed by atoms with van der Waals surface area (Å²) in [6, 6.07) is 17.1. The number of amides is 1. The molecule has 1 atom stereocenters. The molecule has 1 fully saturated rings. The zero-order valence-corrected chi connectivity index (χ0v) is 17.9. The molecule has 1 aliphatic heterocycles. The molecule has 1 amide bonds. The number of methoxy groups -OCH3 is 1. The summed E-state index contributed by atoms with van der Waals surface area (Å²) in [6.07, 6.45) is 3.91. The third kappa shape index (κ3) is 4.69. The fourth-order valence-electron chi connectivity index (χ4n) is 3.69. The zero-order chi connectivity index (χ0) is 21.8. The molecule has 7 nitrogen and oxygen atoms in total. The van der Waals surface area contributed by atoms with Gasteiger partial charge in [-0.05, 0) is 60.5 Å². The van der Waals surface area contributed by atoms with E-state index in [9.17, 15) is 13.2 Å². The average molecular weight is 438 g/mol. The summed E-state index contributed by atoms with van der Waals surface area (Å²) in [6.45, 7) is 1.30. The Morgan fingerprint density at radius 1 is 1.03 bits per heavy atom. The number of hydrogen-bond donors (Lipinski definition) is 1. The lowest BCUT2D eigenvalue weighted by Gasteiger charge is -2.17. The first-order chi connectivity index (χ1) is 15.0. The highest BCUT2D eigenvalue weighted by molar-refractivity contribution is 7.92. The number of sulfonamides is 1. The average Bonchev–Trinajstić information content (AvgIpc) is 3.29.